The number of pyridine rings is 1. The maximum absolute atomic E-state index is 5.88. The van der Waals surface area contributed by atoms with Crippen LogP contribution in [0.15, 0.2) is 18.3 Å². The number of nitrogens with one attached hydrogen (secondary N) is 1. The topological polar surface area (TPSA) is 24.9 Å². The molecule has 3 atom stereocenters. The molecule has 0 amide bonds. The van der Waals surface area contributed by atoms with Crippen LogP contribution in [0.4, 0.5) is 0 Å². The van der Waals surface area contributed by atoms with Gasteiger partial charge in [-0.05, 0) is 37.5 Å². The summed E-state index contributed by atoms with van der Waals surface area (Å²) in [5.41, 5.74) is 1.19. The summed E-state index contributed by atoms with van der Waals surface area (Å²) in [7, 11) is 0. The molecule has 0 aromatic carbocycles. The Bertz CT molecular complexity index is 327. The van der Waals surface area contributed by atoms with Crippen LogP contribution < -0.4 is 5.32 Å². The van der Waals surface area contributed by atoms with E-state index in [9.17, 15) is 0 Å². The van der Waals surface area contributed by atoms with Crippen molar-refractivity contribution in [1.82, 2.24) is 10.3 Å². The summed E-state index contributed by atoms with van der Waals surface area (Å²) >= 11 is 5.88. The lowest BCUT2D eigenvalue weighted by atomic mass is 9.99. The molecule has 0 aliphatic carbocycles. The van der Waals surface area contributed by atoms with Crippen molar-refractivity contribution in [1.29, 1.82) is 0 Å². The molecule has 0 aliphatic heterocycles. The minimum Gasteiger partial charge on any atom is -0.307 e. The number of rotatable bonds is 5. The van der Waals surface area contributed by atoms with Crippen molar-refractivity contribution in [3.63, 3.8) is 0 Å². The normalized spacial score (nSPS) is 16.8. The second kappa shape index (κ2) is 6.21. The molecular weight excluding hydrogens is 220 g/mol. The maximum atomic E-state index is 5.88. The summed E-state index contributed by atoms with van der Waals surface area (Å²) in [5.74, 6) is 0.680. The average molecular weight is 241 g/mol. The van der Waals surface area contributed by atoms with E-state index < -0.39 is 0 Å². The lowest BCUT2D eigenvalue weighted by Crippen LogP contribution is -2.33. The molecular formula is C13H21ClN2. The van der Waals surface area contributed by atoms with E-state index in [2.05, 4.69) is 38.0 Å². The first kappa shape index (κ1) is 13.5. The first-order valence-electron chi connectivity index (χ1n) is 5.92. The molecule has 0 aliphatic rings. The minimum absolute atomic E-state index is 0.310. The van der Waals surface area contributed by atoms with E-state index >= 15 is 0 Å². The van der Waals surface area contributed by atoms with E-state index in [1.165, 1.54) is 12.0 Å². The van der Waals surface area contributed by atoms with Crippen LogP contribution in [-0.2, 0) is 0 Å². The smallest absolute Gasteiger partial charge is 0.129 e. The molecule has 2 nitrogen and oxygen atoms in total. The lowest BCUT2D eigenvalue weighted by Gasteiger charge is -2.24. The Labute approximate surface area is 103 Å². The van der Waals surface area contributed by atoms with Crippen molar-refractivity contribution in [2.45, 2.75) is 46.2 Å². The minimum atomic E-state index is 0.310. The number of nitrogens with zero attached hydrogens (tertiary/aromatic N) is 1. The molecule has 0 spiro atoms. The summed E-state index contributed by atoms with van der Waals surface area (Å²) in [6, 6.07) is 4.74. The first-order valence-corrected chi connectivity index (χ1v) is 6.29. The molecule has 0 saturated heterocycles. The van der Waals surface area contributed by atoms with E-state index in [0.717, 1.165) is 0 Å². The van der Waals surface area contributed by atoms with Crippen LogP contribution in [0.2, 0.25) is 5.15 Å². The fourth-order valence-corrected chi connectivity index (χ4v) is 1.88. The van der Waals surface area contributed by atoms with Gasteiger partial charge in [0, 0.05) is 18.3 Å². The maximum Gasteiger partial charge on any atom is 0.129 e. The van der Waals surface area contributed by atoms with Gasteiger partial charge in [0.25, 0.3) is 0 Å². The van der Waals surface area contributed by atoms with Gasteiger partial charge in [0.1, 0.15) is 5.15 Å². The molecule has 0 radical (unpaired) electrons. The SMILES string of the molecule is CCC(C)C(C)NC(C)c1ccnc(Cl)c1. The largest absolute Gasteiger partial charge is 0.307 e. The second-order valence-corrected chi connectivity index (χ2v) is 4.86. The van der Waals surface area contributed by atoms with Crippen LogP contribution in [0.25, 0.3) is 0 Å². The van der Waals surface area contributed by atoms with Crippen LogP contribution in [0, 0.1) is 5.92 Å². The Hall–Kier alpha value is -0.600. The number of halogens is 1. The van der Waals surface area contributed by atoms with Crippen LogP contribution in [-0.4, -0.2) is 11.0 Å². The van der Waals surface area contributed by atoms with Crippen molar-refractivity contribution < 1.29 is 0 Å². The fourth-order valence-electron chi connectivity index (χ4n) is 1.70. The van der Waals surface area contributed by atoms with E-state index in [-0.39, 0.29) is 0 Å². The monoisotopic (exact) mass is 240 g/mol. The fraction of sp³-hybridized carbons (Fsp3) is 0.615. The highest BCUT2D eigenvalue weighted by Gasteiger charge is 2.14. The van der Waals surface area contributed by atoms with Gasteiger partial charge < -0.3 is 5.32 Å². The Morgan fingerprint density at radius 3 is 2.62 bits per heavy atom. The Morgan fingerprint density at radius 2 is 2.06 bits per heavy atom. The summed E-state index contributed by atoms with van der Waals surface area (Å²) in [5, 5.41) is 4.15. The summed E-state index contributed by atoms with van der Waals surface area (Å²) in [4.78, 5) is 3.99. The summed E-state index contributed by atoms with van der Waals surface area (Å²) in [6.07, 6.45) is 2.95. The van der Waals surface area contributed by atoms with Crippen molar-refractivity contribution >= 4 is 11.6 Å². The highest BCUT2D eigenvalue weighted by atomic mass is 35.5. The molecule has 1 aromatic rings. The summed E-state index contributed by atoms with van der Waals surface area (Å²) in [6.45, 7) is 8.87. The molecule has 0 saturated carbocycles. The van der Waals surface area contributed by atoms with E-state index in [1.807, 2.05) is 12.1 Å². The van der Waals surface area contributed by atoms with Crippen molar-refractivity contribution in [3.05, 3.63) is 29.0 Å². The number of hydrogen-bond acceptors (Lipinski definition) is 2. The first-order chi connectivity index (χ1) is 7.54. The second-order valence-electron chi connectivity index (χ2n) is 4.47. The number of aromatic nitrogens is 1. The third-order valence-electron chi connectivity index (χ3n) is 3.26. The Kier molecular flexibility index (Phi) is 5.23. The van der Waals surface area contributed by atoms with Gasteiger partial charge in [-0.15, -0.1) is 0 Å². The molecule has 1 heterocycles. The highest BCUT2D eigenvalue weighted by Crippen LogP contribution is 2.18. The van der Waals surface area contributed by atoms with Gasteiger partial charge in [0.05, 0.1) is 0 Å². The zero-order valence-corrected chi connectivity index (χ0v) is 11.3. The molecule has 3 unspecified atom stereocenters. The molecule has 1 N–H and O–H groups in total. The molecule has 0 bridgehead atoms. The van der Waals surface area contributed by atoms with Gasteiger partial charge in [0.2, 0.25) is 0 Å². The quantitative estimate of drug-likeness (QED) is 0.792. The van der Waals surface area contributed by atoms with Gasteiger partial charge >= 0.3 is 0 Å². The zero-order valence-electron chi connectivity index (χ0n) is 10.5. The van der Waals surface area contributed by atoms with E-state index in [4.69, 9.17) is 11.6 Å². The third kappa shape index (κ3) is 3.76. The highest BCUT2D eigenvalue weighted by molar-refractivity contribution is 6.29. The van der Waals surface area contributed by atoms with Gasteiger partial charge in [-0.3, -0.25) is 0 Å². The van der Waals surface area contributed by atoms with Crippen molar-refractivity contribution in [3.8, 4) is 0 Å². The Morgan fingerprint density at radius 1 is 1.38 bits per heavy atom. The molecule has 3 heteroatoms. The van der Waals surface area contributed by atoms with E-state index in [0.29, 0.717) is 23.2 Å². The van der Waals surface area contributed by atoms with Crippen LogP contribution in [0.5, 0.6) is 0 Å². The van der Waals surface area contributed by atoms with Crippen molar-refractivity contribution in [2.75, 3.05) is 0 Å². The van der Waals surface area contributed by atoms with Gasteiger partial charge in [-0.2, -0.15) is 0 Å². The van der Waals surface area contributed by atoms with Crippen LogP contribution in [0.1, 0.15) is 45.7 Å². The lowest BCUT2D eigenvalue weighted by molar-refractivity contribution is 0.360. The standard InChI is InChI=1S/C13H21ClN2/c1-5-9(2)10(3)16-11(4)12-6-7-15-13(14)8-12/h6-11,16H,5H2,1-4H3. The van der Waals surface area contributed by atoms with E-state index in [1.54, 1.807) is 6.20 Å². The van der Waals surface area contributed by atoms with Gasteiger partial charge in [-0.1, -0.05) is 31.9 Å². The molecule has 90 valence electrons. The number of hydrogen-bond donors (Lipinski definition) is 1. The third-order valence-corrected chi connectivity index (χ3v) is 3.47. The molecule has 0 fully saturated rings. The average Bonchev–Trinajstić information content (AvgIpc) is 2.27. The molecule has 1 rings (SSSR count). The predicted molar refractivity (Wildman–Crippen MR) is 69.7 cm³/mol. The molecule has 1 aromatic heterocycles. The predicted octanol–water partition coefficient (Wildman–Crippen LogP) is 3.82. The van der Waals surface area contributed by atoms with Crippen molar-refractivity contribution in [2.24, 2.45) is 5.92 Å². The van der Waals surface area contributed by atoms with Gasteiger partial charge in [-0.25, -0.2) is 4.98 Å². The van der Waals surface area contributed by atoms with Crippen LogP contribution >= 0.6 is 11.6 Å². The zero-order chi connectivity index (χ0) is 12.1. The van der Waals surface area contributed by atoms with Crippen LogP contribution in [0.3, 0.4) is 0 Å². The Balaban J connectivity index is 2.61. The van der Waals surface area contributed by atoms with Gasteiger partial charge in [0.15, 0.2) is 0 Å². The summed E-state index contributed by atoms with van der Waals surface area (Å²) < 4.78 is 0. The molecule has 16 heavy (non-hydrogen) atoms.